The van der Waals surface area contributed by atoms with Crippen molar-refractivity contribution in [3.05, 3.63) is 47.8 Å². The van der Waals surface area contributed by atoms with Gasteiger partial charge in [0.25, 0.3) is 0 Å². The highest BCUT2D eigenvalue weighted by atomic mass is 16.5. The van der Waals surface area contributed by atoms with Gasteiger partial charge in [0.1, 0.15) is 5.75 Å². The van der Waals surface area contributed by atoms with Crippen molar-refractivity contribution in [3.63, 3.8) is 0 Å². The smallest absolute Gasteiger partial charge is 0.224 e. The fourth-order valence-electron chi connectivity index (χ4n) is 3.18. The first-order chi connectivity index (χ1) is 12.1. The van der Waals surface area contributed by atoms with E-state index in [0.29, 0.717) is 6.04 Å². The number of hydrogen-bond acceptors (Lipinski definition) is 6. The molecule has 0 radical (unpaired) electrons. The number of benzene rings is 1. The highest BCUT2D eigenvalue weighted by Gasteiger charge is 2.25. The Balaban J connectivity index is 1.67. The Morgan fingerprint density at radius 2 is 1.80 bits per heavy atom. The van der Waals surface area contributed by atoms with Gasteiger partial charge >= 0.3 is 0 Å². The summed E-state index contributed by atoms with van der Waals surface area (Å²) in [7, 11) is 7.80. The molecule has 2 aromatic rings. The molecule has 1 saturated heterocycles. The molecule has 1 atom stereocenters. The lowest BCUT2D eigenvalue weighted by atomic mass is 10.0. The van der Waals surface area contributed by atoms with E-state index in [1.165, 1.54) is 5.56 Å². The third kappa shape index (κ3) is 4.27. The van der Waals surface area contributed by atoms with Crippen molar-refractivity contribution in [2.75, 3.05) is 52.8 Å². The summed E-state index contributed by atoms with van der Waals surface area (Å²) in [4.78, 5) is 15.6. The Hall–Kier alpha value is -2.18. The van der Waals surface area contributed by atoms with Gasteiger partial charge in [-0.15, -0.1) is 0 Å². The molecular weight excluding hydrogens is 314 g/mol. The second-order valence-electron chi connectivity index (χ2n) is 6.79. The minimum atomic E-state index is 0.390. The van der Waals surface area contributed by atoms with Crippen LogP contribution < -0.4 is 9.64 Å². The van der Waals surface area contributed by atoms with Crippen molar-refractivity contribution < 1.29 is 4.74 Å². The molecule has 1 aromatic heterocycles. The third-order valence-corrected chi connectivity index (χ3v) is 4.73. The lowest BCUT2D eigenvalue weighted by Gasteiger charge is -2.39. The number of hydrogen-bond donors (Lipinski definition) is 0. The summed E-state index contributed by atoms with van der Waals surface area (Å²) in [5, 5.41) is 0. The molecule has 1 aromatic carbocycles. The van der Waals surface area contributed by atoms with Gasteiger partial charge in [-0.25, -0.2) is 9.97 Å². The number of aromatic nitrogens is 2. The number of methoxy groups -OCH3 is 1. The topological polar surface area (TPSA) is 44.7 Å². The largest absolute Gasteiger partial charge is 0.497 e. The fourth-order valence-corrected chi connectivity index (χ4v) is 3.18. The van der Waals surface area contributed by atoms with Crippen LogP contribution in [-0.2, 0) is 6.54 Å². The van der Waals surface area contributed by atoms with E-state index in [1.54, 1.807) is 7.11 Å². The zero-order valence-corrected chi connectivity index (χ0v) is 15.5. The molecule has 1 aliphatic heterocycles. The van der Waals surface area contributed by atoms with E-state index < -0.39 is 0 Å². The van der Waals surface area contributed by atoms with E-state index in [1.807, 2.05) is 43.5 Å². The van der Waals surface area contributed by atoms with E-state index >= 15 is 0 Å². The average molecular weight is 341 g/mol. The first-order valence-electron chi connectivity index (χ1n) is 8.61. The quantitative estimate of drug-likeness (QED) is 0.829. The summed E-state index contributed by atoms with van der Waals surface area (Å²) < 4.78 is 5.27. The van der Waals surface area contributed by atoms with Gasteiger partial charge in [0, 0.05) is 64.3 Å². The van der Waals surface area contributed by atoms with Crippen LogP contribution in [0.25, 0.3) is 0 Å². The molecule has 1 fully saturated rings. The van der Waals surface area contributed by atoms with Crippen LogP contribution in [0.4, 0.5) is 5.95 Å². The van der Waals surface area contributed by atoms with Crippen LogP contribution in [-0.4, -0.2) is 67.7 Å². The first kappa shape index (κ1) is 17.6. The second-order valence-corrected chi connectivity index (χ2v) is 6.79. The lowest BCUT2D eigenvalue weighted by molar-refractivity contribution is 0.0903. The van der Waals surface area contributed by atoms with Gasteiger partial charge in [0.15, 0.2) is 0 Å². The van der Waals surface area contributed by atoms with E-state index in [9.17, 15) is 0 Å². The van der Waals surface area contributed by atoms with Crippen LogP contribution in [0.3, 0.4) is 0 Å². The van der Waals surface area contributed by atoms with Crippen molar-refractivity contribution >= 4 is 5.95 Å². The molecule has 0 N–H and O–H groups in total. The predicted octanol–water partition coefficient (Wildman–Crippen LogP) is 2.04. The van der Waals surface area contributed by atoms with Crippen molar-refractivity contribution in [2.45, 2.75) is 12.6 Å². The molecule has 1 aliphatic rings. The second kappa shape index (κ2) is 7.80. The van der Waals surface area contributed by atoms with Crippen molar-refractivity contribution in [1.29, 1.82) is 0 Å². The molecule has 6 heteroatoms. The molecule has 134 valence electrons. The molecule has 1 unspecified atom stereocenters. The minimum absolute atomic E-state index is 0.390. The highest BCUT2D eigenvalue weighted by Crippen LogP contribution is 2.26. The van der Waals surface area contributed by atoms with Crippen LogP contribution in [0.5, 0.6) is 5.75 Å². The van der Waals surface area contributed by atoms with Crippen LogP contribution in [0.15, 0.2) is 36.7 Å². The van der Waals surface area contributed by atoms with E-state index in [-0.39, 0.29) is 0 Å². The number of likely N-dealkylation sites (N-methyl/N-ethyl adjacent to an activating group) is 1. The molecular formula is C19H27N5O. The van der Waals surface area contributed by atoms with Crippen LogP contribution in [0.2, 0.25) is 0 Å². The Morgan fingerprint density at radius 1 is 1.12 bits per heavy atom. The summed E-state index contributed by atoms with van der Waals surface area (Å²) in [6, 6.07) is 8.80. The molecule has 25 heavy (non-hydrogen) atoms. The zero-order chi connectivity index (χ0) is 17.8. The maximum Gasteiger partial charge on any atom is 0.224 e. The van der Waals surface area contributed by atoms with Gasteiger partial charge in [-0.1, -0.05) is 12.1 Å². The molecule has 2 heterocycles. The van der Waals surface area contributed by atoms with Crippen molar-refractivity contribution in [3.8, 4) is 5.75 Å². The first-order valence-corrected chi connectivity index (χ1v) is 8.61. The molecule has 3 rings (SSSR count). The molecule has 0 saturated carbocycles. The average Bonchev–Trinajstić information content (AvgIpc) is 2.64. The number of piperazine rings is 1. The standard InChI is InChI=1S/C19H27N5O/c1-22(2)19-20-11-15(12-21-19)13-24-10-9-23(3)18(14-24)16-5-7-17(25-4)8-6-16/h5-8,11-12,18H,9-10,13-14H2,1-4H3. The molecule has 0 spiro atoms. The normalized spacial score (nSPS) is 19.0. The Morgan fingerprint density at radius 3 is 2.40 bits per heavy atom. The number of rotatable bonds is 5. The van der Waals surface area contributed by atoms with E-state index in [2.05, 4.69) is 38.9 Å². The zero-order valence-electron chi connectivity index (χ0n) is 15.5. The van der Waals surface area contributed by atoms with E-state index in [4.69, 9.17) is 4.74 Å². The number of ether oxygens (including phenoxy) is 1. The summed E-state index contributed by atoms with van der Waals surface area (Å²) in [5.41, 5.74) is 2.48. The van der Waals surface area contributed by atoms with Gasteiger partial charge in [-0.05, 0) is 24.7 Å². The van der Waals surface area contributed by atoms with Crippen molar-refractivity contribution in [2.24, 2.45) is 0 Å². The summed E-state index contributed by atoms with van der Waals surface area (Å²) in [6.07, 6.45) is 3.87. The van der Waals surface area contributed by atoms with Crippen molar-refractivity contribution in [1.82, 2.24) is 19.8 Å². The molecule has 0 bridgehead atoms. The SMILES string of the molecule is COc1ccc(C2CN(Cc3cnc(N(C)C)nc3)CCN2C)cc1. The summed E-state index contributed by atoms with van der Waals surface area (Å²) >= 11 is 0. The lowest BCUT2D eigenvalue weighted by Crippen LogP contribution is -2.46. The monoisotopic (exact) mass is 341 g/mol. The number of anilines is 1. The molecule has 6 nitrogen and oxygen atoms in total. The van der Waals surface area contributed by atoms with Gasteiger partial charge in [0.2, 0.25) is 5.95 Å². The maximum absolute atomic E-state index is 5.27. The Kier molecular flexibility index (Phi) is 5.50. The Labute approximate surface area is 150 Å². The highest BCUT2D eigenvalue weighted by molar-refractivity contribution is 5.30. The van der Waals surface area contributed by atoms with Crippen LogP contribution >= 0.6 is 0 Å². The van der Waals surface area contributed by atoms with Gasteiger partial charge < -0.3 is 9.64 Å². The predicted molar refractivity (Wildman–Crippen MR) is 100 cm³/mol. The minimum Gasteiger partial charge on any atom is -0.497 e. The summed E-state index contributed by atoms with van der Waals surface area (Å²) in [5.74, 6) is 1.65. The third-order valence-electron chi connectivity index (χ3n) is 4.73. The van der Waals surface area contributed by atoms with Crippen LogP contribution in [0.1, 0.15) is 17.2 Å². The summed E-state index contributed by atoms with van der Waals surface area (Å²) in [6.45, 7) is 3.98. The molecule has 0 aliphatic carbocycles. The van der Waals surface area contributed by atoms with Gasteiger partial charge in [-0.2, -0.15) is 0 Å². The van der Waals surface area contributed by atoms with Gasteiger partial charge in [-0.3, -0.25) is 9.80 Å². The van der Waals surface area contributed by atoms with Gasteiger partial charge in [0.05, 0.1) is 7.11 Å². The van der Waals surface area contributed by atoms with Crippen LogP contribution in [0, 0.1) is 0 Å². The Bertz CT molecular complexity index is 671. The maximum atomic E-state index is 5.27. The molecule has 0 amide bonds. The fraction of sp³-hybridized carbons (Fsp3) is 0.474. The number of nitrogens with zero attached hydrogens (tertiary/aromatic N) is 5. The van der Waals surface area contributed by atoms with E-state index in [0.717, 1.165) is 43.4 Å².